The molecule has 0 radical (unpaired) electrons. The molecule has 1 unspecified atom stereocenters. The maximum Gasteiger partial charge on any atom is 0.224 e. The van der Waals surface area contributed by atoms with Crippen molar-refractivity contribution in [3.63, 3.8) is 0 Å². The van der Waals surface area contributed by atoms with Gasteiger partial charge in [-0.05, 0) is 0 Å². The van der Waals surface area contributed by atoms with Gasteiger partial charge in [-0.2, -0.15) is 0 Å². The lowest BCUT2D eigenvalue weighted by Gasteiger charge is -2.43. The first-order valence-electron chi connectivity index (χ1n) is 13.3. The lowest BCUT2D eigenvalue weighted by molar-refractivity contribution is -0.383. The van der Waals surface area contributed by atoms with E-state index >= 15 is 0 Å². The molecule has 0 aromatic heterocycles. The highest BCUT2D eigenvalue weighted by atomic mass is 16.8. The van der Waals surface area contributed by atoms with Crippen LogP contribution in [0.15, 0.2) is 0 Å². The van der Waals surface area contributed by atoms with Crippen LogP contribution >= 0.6 is 0 Å². The number of ether oxygens (including phenoxy) is 4. The van der Waals surface area contributed by atoms with Gasteiger partial charge in [-0.1, -0.05) is 0 Å². The number of carbonyl (C=O) groups is 1. The fraction of sp³-hybridized carbons (Fsp3) is 0.957. The molecule has 0 bridgehead atoms. The van der Waals surface area contributed by atoms with Gasteiger partial charge in [0.2, 0.25) is 5.79 Å². The van der Waals surface area contributed by atoms with E-state index in [0.29, 0.717) is 0 Å². The van der Waals surface area contributed by atoms with Crippen molar-refractivity contribution in [2.24, 2.45) is 0 Å². The van der Waals surface area contributed by atoms with Crippen molar-refractivity contribution in [3.05, 3.63) is 0 Å². The monoisotopic (exact) mass is 672 g/mol. The summed E-state index contributed by atoms with van der Waals surface area (Å²) in [7, 11) is 0. The molecule has 268 valence electrons. The zero-order chi connectivity index (χ0) is 34.8. The molecule has 0 saturated carbocycles. The molecule has 3 rings (SSSR count). The summed E-state index contributed by atoms with van der Waals surface area (Å²) in [6, 6.07) is 0. The lowest BCUT2D eigenvalue weighted by Crippen LogP contribution is -2.62. The van der Waals surface area contributed by atoms with Gasteiger partial charge >= 0.3 is 0 Å². The molecule has 3 aliphatic heterocycles. The summed E-state index contributed by atoms with van der Waals surface area (Å²) in [5.74, 6) is -2.22. The van der Waals surface area contributed by atoms with Crippen LogP contribution in [-0.4, -0.2) is 230 Å². The minimum Gasteiger partial charge on any atom is -0.394 e. The quantitative estimate of drug-likeness (QED) is 0.0957. The van der Waals surface area contributed by atoms with Crippen molar-refractivity contribution in [3.8, 4) is 0 Å². The number of carbonyl (C=O) groups excluding carboxylic acids is 1. The molecule has 0 aliphatic carbocycles. The third kappa shape index (κ3) is 10.4. The number of aliphatic hydroxyl groups excluding tert-OH is 17. The number of hydrogen-bond donors (Lipinski definition) is 17. The summed E-state index contributed by atoms with van der Waals surface area (Å²) in [6.45, 7) is -3.24. The van der Waals surface area contributed by atoms with Gasteiger partial charge in [-0.25, -0.2) is 0 Å². The average molecular weight is 673 g/mol. The predicted molar refractivity (Wildman–Crippen MR) is 136 cm³/mol. The standard InChI is InChI=1S/C12H22O11.C6H12O6.C5H10O5/c13-1-4-6(16)8(18)9(19)11(21-4)23-12(3-15)10(20)7(17)5(2-14)22-12;7-1-3(9)5(11)6(12)4(10)2-8;6-2-1-10-5(9)4(8)3(2)7/h4-11,13-20H,1-3H2;1,3-6,8-12H,2H2;2-9H,1H2/t4-,5-,6-,7-,8+,9-,10+,11-,12+;3-,4+,5+,6+;2-,3+,4-,5?/m101/s1. The SMILES string of the molecule is O=C[C@H](O)[C@@H](O)[C@H](O)[C@H](O)CO.OC1OC[C@@H](O)[C@H](O)[C@H]1O.OC[C@H]1O[C@@](CO)(O[C@H]2O[C@H](CO)[C@@H](O)[C@H](O)[C@H]2O)[C@@H](O)[C@@H]1O. The second kappa shape index (κ2) is 19.0. The highest BCUT2D eigenvalue weighted by molar-refractivity contribution is 5.56. The van der Waals surface area contributed by atoms with Crippen LogP contribution < -0.4 is 0 Å². The normalized spacial score (nSPS) is 42.7. The van der Waals surface area contributed by atoms with Gasteiger partial charge in [0.1, 0.15) is 92.1 Å². The average Bonchev–Trinajstić information content (AvgIpc) is 3.29. The number of rotatable bonds is 10. The Morgan fingerprint density at radius 1 is 0.733 bits per heavy atom. The van der Waals surface area contributed by atoms with Crippen molar-refractivity contribution >= 4 is 6.29 Å². The molecule has 17 atom stereocenters. The smallest absolute Gasteiger partial charge is 0.224 e. The summed E-state index contributed by atoms with van der Waals surface area (Å²) in [5, 5.41) is 155. The molecule has 3 fully saturated rings. The Morgan fingerprint density at radius 2 is 1.31 bits per heavy atom. The van der Waals surface area contributed by atoms with Crippen molar-refractivity contribution in [1.82, 2.24) is 0 Å². The molecule has 0 spiro atoms. The molecule has 22 heteroatoms. The maximum absolute atomic E-state index is 10.00. The van der Waals surface area contributed by atoms with E-state index < -0.39 is 130 Å². The predicted octanol–water partition coefficient (Wildman–Crippen LogP) is -11.4. The highest BCUT2D eigenvalue weighted by Gasteiger charge is 2.58. The van der Waals surface area contributed by atoms with Crippen molar-refractivity contribution in [2.75, 3.05) is 33.0 Å². The van der Waals surface area contributed by atoms with Gasteiger partial charge in [0, 0.05) is 0 Å². The van der Waals surface area contributed by atoms with Gasteiger partial charge in [0.05, 0.1) is 26.4 Å². The van der Waals surface area contributed by atoms with Gasteiger partial charge in [0.15, 0.2) is 18.9 Å². The Morgan fingerprint density at radius 3 is 1.76 bits per heavy atom. The molecule has 45 heavy (non-hydrogen) atoms. The van der Waals surface area contributed by atoms with Crippen LogP contribution in [0.2, 0.25) is 0 Å². The van der Waals surface area contributed by atoms with E-state index in [9.17, 15) is 35.4 Å². The maximum atomic E-state index is 10.00. The largest absolute Gasteiger partial charge is 0.394 e. The molecule has 22 nitrogen and oxygen atoms in total. The van der Waals surface area contributed by atoms with Gasteiger partial charge < -0.3 is 111 Å². The van der Waals surface area contributed by atoms with Gasteiger partial charge in [-0.3, -0.25) is 0 Å². The van der Waals surface area contributed by atoms with Gasteiger partial charge in [-0.15, -0.1) is 0 Å². The molecule has 3 aliphatic rings. The fourth-order valence-electron chi connectivity index (χ4n) is 4.04. The summed E-state index contributed by atoms with van der Waals surface area (Å²) in [5.41, 5.74) is 0. The van der Waals surface area contributed by atoms with Crippen LogP contribution in [0.3, 0.4) is 0 Å². The summed E-state index contributed by atoms with van der Waals surface area (Å²) >= 11 is 0. The van der Waals surface area contributed by atoms with E-state index in [1.165, 1.54) is 0 Å². The minimum atomic E-state index is -2.22. The van der Waals surface area contributed by atoms with E-state index in [-0.39, 0.29) is 12.9 Å². The van der Waals surface area contributed by atoms with E-state index in [1.54, 1.807) is 0 Å². The van der Waals surface area contributed by atoms with Crippen molar-refractivity contribution in [2.45, 2.75) is 104 Å². The molecule has 17 N–H and O–H groups in total. The molecule has 0 amide bonds. The first kappa shape index (κ1) is 41.9. The zero-order valence-electron chi connectivity index (χ0n) is 23.5. The molecule has 0 aromatic rings. The molecule has 3 saturated heterocycles. The molecule has 0 aromatic carbocycles. The zero-order valence-corrected chi connectivity index (χ0v) is 23.5. The third-order valence-electron chi connectivity index (χ3n) is 6.96. The van der Waals surface area contributed by atoms with Crippen LogP contribution in [0.1, 0.15) is 0 Å². The second-order valence-corrected chi connectivity index (χ2v) is 10.2. The van der Waals surface area contributed by atoms with E-state index in [2.05, 4.69) is 4.74 Å². The van der Waals surface area contributed by atoms with Crippen LogP contribution in [0.25, 0.3) is 0 Å². The Labute approximate surface area is 254 Å². The van der Waals surface area contributed by atoms with E-state index in [4.69, 9.17) is 70.4 Å². The third-order valence-corrected chi connectivity index (χ3v) is 6.96. The van der Waals surface area contributed by atoms with Crippen LogP contribution in [0.5, 0.6) is 0 Å². The molecular formula is C23H44O22. The number of hydrogen-bond acceptors (Lipinski definition) is 22. The number of aliphatic hydroxyl groups is 17. The Kier molecular flexibility index (Phi) is 17.7. The van der Waals surface area contributed by atoms with Crippen LogP contribution in [0.4, 0.5) is 0 Å². The summed E-state index contributed by atoms with van der Waals surface area (Å²) < 4.78 is 19.9. The van der Waals surface area contributed by atoms with Crippen molar-refractivity contribution in [1.29, 1.82) is 0 Å². The van der Waals surface area contributed by atoms with E-state index in [1.807, 2.05) is 0 Å². The lowest BCUT2D eigenvalue weighted by atomic mass is 9.99. The summed E-state index contributed by atoms with van der Waals surface area (Å²) in [6.07, 6.45) is -24.7. The second-order valence-electron chi connectivity index (χ2n) is 10.2. The van der Waals surface area contributed by atoms with E-state index in [0.717, 1.165) is 0 Å². The first-order valence-corrected chi connectivity index (χ1v) is 13.3. The molecular weight excluding hydrogens is 628 g/mol. The number of aldehydes is 1. The molecule has 3 heterocycles. The van der Waals surface area contributed by atoms with Gasteiger partial charge in [0.25, 0.3) is 0 Å². The summed E-state index contributed by atoms with van der Waals surface area (Å²) in [4.78, 5) is 9.90. The Bertz CT molecular complexity index is 825. The Balaban J connectivity index is 0.000000385. The van der Waals surface area contributed by atoms with Crippen LogP contribution in [0, 0.1) is 0 Å². The topological polar surface area (TPSA) is 398 Å². The van der Waals surface area contributed by atoms with Crippen LogP contribution in [-0.2, 0) is 23.7 Å². The fourth-order valence-corrected chi connectivity index (χ4v) is 4.04. The first-order chi connectivity index (χ1) is 21.0. The highest BCUT2D eigenvalue weighted by Crippen LogP contribution is 2.35. The van der Waals surface area contributed by atoms with Crippen molar-refractivity contribution < 1.29 is 111 Å². The Hall–Kier alpha value is -1.17. The minimum absolute atomic E-state index is 0.0258.